The summed E-state index contributed by atoms with van der Waals surface area (Å²) in [5.74, 6) is 1.14. The maximum atomic E-state index is 12.1. The Hall–Kier alpha value is -2.82. The number of amides is 2. The minimum atomic E-state index is -0.218. The van der Waals surface area contributed by atoms with Gasteiger partial charge in [0.1, 0.15) is 5.75 Å². The van der Waals surface area contributed by atoms with Gasteiger partial charge in [-0.05, 0) is 67.1 Å². The van der Waals surface area contributed by atoms with E-state index < -0.39 is 0 Å². The predicted molar refractivity (Wildman–Crippen MR) is 116 cm³/mol. The molecule has 5 heteroatoms. The van der Waals surface area contributed by atoms with E-state index in [9.17, 15) is 9.59 Å². The Balaban J connectivity index is 1.44. The van der Waals surface area contributed by atoms with E-state index in [-0.39, 0.29) is 18.4 Å². The van der Waals surface area contributed by atoms with E-state index in [4.69, 9.17) is 4.74 Å². The summed E-state index contributed by atoms with van der Waals surface area (Å²) in [7, 11) is 0. The molecule has 0 radical (unpaired) electrons. The summed E-state index contributed by atoms with van der Waals surface area (Å²) in [5.41, 5.74) is 2.75. The molecule has 2 amide bonds. The molecule has 2 aromatic carbocycles. The van der Waals surface area contributed by atoms with Crippen molar-refractivity contribution in [3.8, 4) is 5.75 Å². The fraction of sp³-hybridized carbons (Fsp3) is 0.417. The number of benzene rings is 2. The van der Waals surface area contributed by atoms with Gasteiger partial charge in [0.25, 0.3) is 5.91 Å². The van der Waals surface area contributed by atoms with E-state index >= 15 is 0 Å². The maximum Gasteiger partial charge on any atom is 0.262 e. The minimum absolute atomic E-state index is 0.00723. The SMILES string of the molecule is CCCC(=O)Nc1ccc(NC(=O)COc2ccc(C3CCCCC3)cc2)cc1. The van der Waals surface area contributed by atoms with Gasteiger partial charge in [-0.15, -0.1) is 0 Å². The first-order chi connectivity index (χ1) is 14.1. The van der Waals surface area contributed by atoms with Gasteiger partial charge < -0.3 is 15.4 Å². The van der Waals surface area contributed by atoms with E-state index in [1.54, 1.807) is 24.3 Å². The lowest BCUT2D eigenvalue weighted by atomic mass is 9.84. The molecule has 0 aliphatic heterocycles. The molecule has 5 nitrogen and oxygen atoms in total. The first kappa shape index (κ1) is 20.9. The molecule has 2 aromatic rings. The molecule has 154 valence electrons. The first-order valence-electron chi connectivity index (χ1n) is 10.6. The smallest absolute Gasteiger partial charge is 0.262 e. The lowest BCUT2D eigenvalue weighted by Gasteiger charge is -2.22. The van der Waals surface area contributed by atoms with Crippen molar-refractivity contribution >= 4 is 23.2 Å². The van der Waals surface area contributed by atoms with Crippen LogP contribution in [0.1, 0.15) is 63.4 Å². The second-order valence-corrected chi connectivity index (χ2v) is 7.62. The summed E-state index contributed by atoms with van der Waals surface area (Å²) < 4.78 is 5.62. The highest BCUT2D eigenvalue weighted by Gasteiger charge is 2.15. The molecular weight excluding hydrogens is 364 g/mol. The molecule has 0 spiro atoms. The number of rotatable bonds is 8. The van der Waals surface area contributed by atoms with E-state index in [1.807, 2.05) is 19.1 Å². The molecule has 0 aromatic heterocycles. The second-order valence-electron chi connectivity index (χ2n) is 7.62. The average molecular weight is 395 g/mol. The number of carbonyl (C=O) groups excluding carboxylic acids is 2. The van der Waals surface area contributed by atoms with Crippen LogP contribution in [0.25, 0.3) is 0 Å². The van der Waals surface area contributed by atoms with Crippen molar-refractivity contribution in [1.82, 2.24) is 0 Å². The Labute approximate surface area is 172 Å². The molecule has 1 fully saturated rings. The quantitative estimate of drug-likeness (QED) is 0.622. The number of carbonyl (C=O) groups is 2. The van der Waals surface area contributed by atoms with Crippen LogP contribution in [0.3, 0.4) is 0 Å². The summed E-state index contributed by atoms with van der Waals surface area (Å²) in [6.07, 6.45) is 7.82. The second kappa shape index (κ2) is 10.6. The minimum Gasteiger partial charge on any atom is -0.484 e. The van der Waals surface area contributed by atoms with Gasteiger partial charge in [0.15, 0.2) is 6.61 Å². The van der Waals surface area contributed by atoms with Crippen molar-refractivity contribution in [3.05, 3.63) is 54.1 Å². The Morgan fingerprint density at radius 2 is 1.45 bits per heavy atom. The summed E-state index contributed by atoms with van der Waals surface area (Å²) in [6.45, 7) is 1.92. The van der Waals surface area contributed by atoms with Crippen molar-refractivity contribution in [1.29, 1.82) is 0 Å². The highest BCUT2D eigenvalue weighted by molar-refractivity contribution is 5.93. The summed E-state index contributed by atoms with van der Waals surface area (Å²) in [4.78, 5) is 23.8. The molecule has 0 saturated heterocycles. The topological polar surface area (TPSA) is 67.4 Å². The largest absolute Gasteiger partial charge is 0.484 e. The predicted octanol–water partition coefficient (Wildman–Crippen LogP) is 5.49. The fourth-order valence-corrected chi connectivity index (χ4v) is 3.71. The monoisotopic (exact) mass is 394 g/mol. The van der Waals surface area contributed by atoms with Gasteiger partial charge in [-0.1, -0.05) is 38.3 Å². The standard InChI is InChI=1S/C24H30N2O3/c1-2-6-23(27)25-20-11-13-21(14-12-20)26-24(28)17-29-22-15-9-19(10-16-22)18-7-4-3-5-8-18/h9-16,18H,2-8,17H2,1H3,(H,25,27)(H,26,28). The van der Waals surface area contributed by atoms with Gasteiger partial charge in [0.2, 0.25) is 5.91 Å². The number of ether oxygens (including phenoxy) is 1. The van der Waals surface area contributed by atoms with Gasteiger partial charge >= 0.3 is 0 Å². The van der Waals surface area contributed by atoms with Crippen LogP contribution < -0.4 is 15.4 Å². The molecule has 0 bridgehead atoms. The third kappa shape index (κ3) is 6.63. The Bertz CT molecular complexity index is 794. The Kier molecular flexibility index (Phi) is 7.68. The highest BCUT2D eigenvalue weighted by Crippen LogP contribution is 2.33. The van der Waals surface area contributed by atoms with E-state index in [0.29, 0.717) is 23.8 Å². The third-order valence-corrected chi connectivity index (χ3v) is 5.26. The number of hydrogen-bond donors (Lipinski definition) is 2. The normalized spacial score (nSPS) is 14.2. The maximum absolute atomic E-state index is 12.1. The summed E-state index contributed by atoms with van der Waals surface area (Å²) in [6, 6.07) is 15.2. The van der Waals surface area contributed by atoms with Gasteiger partial charge in [-0.25, -0.2) is 0 Å². The van der Waals surface area contributed by atoms with E-state index in [0.717, 1.165) is 12.1 Å². The summed E-state index contributed by atoms with van der Waals surface area (Å²) in [5, 5.41) is 5.63. The molecule has 0 atom stereocenters. The van der Waals surface area contributed by atoms with Crippen molar-refractivity contribution in [3.63, 3.8) is 0 Å². The van der Waals surface area contributed by atoms with Crippen LogP contribution in [0.4, 0.5) is 11.4 Å². The van der Waals surface area contributed by atoms with Crippen molar-refractivity contribution in [2.45, 2.75) is 57.8 Å². The lowest BCUT2D eigenvalue weighted by Crippen LogP contribution is -2.20. The number of nitrogens with one attached hydrogen (secondary N) is 2. The van der Waals surface area contributed by atoms with Crippen LogP contribution >= 0.6 is 0 Å². The number of anilines is 2. The molecule has 1 aliphatic rings. The molecule has 0 heterocycles. The van der Waals surface area contributed by atoms with Gasteiger partial charge in [0, 0.05) is 17.8 Å². The Morgan fingerprint density at radius 1 is 0.862 bits per heavy atom. The number of hydrogen-bond acceptors (Lipinski definition) is 3. The molecule has 1 saturated carbocycles. The zero-order valence-corrected chi connectivity index (χ0v) is 17.1. The van der Waals surface area contributed by atoms with E-state index in [1.165, 1.54) is 37.7 Å². The zero-order valence-electron chi connectivity index (χ0n) is 17.1. The first-order valence-corrected chi connectivity index (χ1v) is 10.6. The summed E-state index contributed by atoms with van der Waals surface area (Å²) >= 11 is 0. The lowest BCUT2D eigenvalue weighted by molar-refractivity contribution is -0.118. The molecule has 2 N–H and O–H groups in total. The third-order valence-electron chi connectivity index (χ3n) is 5.26. The van der Waals surface area contributed by atoms with Crippen molar-refractivity contribution < 1.29 is 14.3 Å². The van der Waals surface area contributed by atoms with Gasteiger partial charge in [-0.2, -0.15) is 0 Å². The fourth-order valence-electron chi connectivity index (χ4n) is 3.71. The molecule has 29 heavy (non-hydrogen) atoms. The molecule has 0 unspecified atom stereocenters. The highest BCUT2D eigenvalue weighted by atomic mass is 16.5. The zero-order chi connectivity index (χ0) is 20.5. The Morgan fingerprint density at radius 3 is 2.03 bits per heavy atom. The molecule has 1 aliphatic carbocycles. The van der Waals surface area contributed by atoms with Crippen LogP contribution in [0.5, 0.6) is 5.75 Å². The van der Waals surface area contributed by atoms with Gasteiger partial charge in [0.05, 0.1) is 0 Å². The van der Waals surface area contributed by atoms with Crippen LogP contribution in [0.2, 0.25) is 0 Å². The van der Waals surface area contributed by atoms with Crippen LogP contribution in [0, 0.1) is 0 Å². The van der Waals surface area contributed by atoms with Crippen LogP contribution in [-0.4, -0.2) is 18.4 Å². The molecular formula is C24H30N2O3. The molecule has 3 rings (SSSR count). The van der Waals surface area contributed by atoms with E-state index in [2.05, 4.69) is 22.8 Å². The van der Waals surface area contributed by atoms with Crippen molar-refractivity contribution in [2.24, 2.45) is 0 Å². The van der Waals surface area contributed by atoms with Crippen LogP contribution in [-0.2, 0) is 9.59 Å². The van der Waals surface area contributed by atoms with Gasteiger partial charge in [-0.3, -0.25) is 9.59 Å². The van der Waals surface area contributed by atoms with Crippen molar-refractivity contribution in [2.75, 3.05) is 17.2 Å². The van der Waals surface area contributed by atoms with Crippen LogP contribution in [0.15, 0.2) is 48.5 Å². The average Bonchev–Trinajstić information content (AvgIpc) is 2.75.